The van der Waals surface area contributed by atoms with Gasteiger partial charge in [-0.1, -0.05) is 18.7 Å². The molecular formula is C13H22N2O3S. The molecule has 0 spiro atoms. The summed E-state index contributed by atoms with van der Waals surface area (Å²) in [5.41, 5.74) is -0.647. The van der Waals surface area contributed by atoms with E-state index in [1.165, 1.54) is 11.8 Å². The molecule has 5 nitrogen and oxygen atoms in total. The second-order valence-corrected chi connectivity index (χ2v) is 5.42. The van der Waals surface area contributed by atoms with E-state index in [-0.39, 0.29) is 5.97 Å². The summed E-state index contributed by atoms with van der Waals surface area (Å²) in [5, 5.41) is 3.90. The smallest absolute Gasteiger partial charge is 0.326 e. The molecule has 0 aliphatic carbocycles. The van der Waals surface area contributed by atoms with Crippen molar-refractivity contribution in [3.05, 3.63) is 12.5 Å². The van der Waals surface area contributed by atoms with E-state index >= 15 is 0 Å². The molecule has 0 bridgehead atoms. The molecule has 19 heavy (non-hydrogen) atoms. The molecule has 1 aromatic rings. The SMILES string of the molecule is CCCNC(C)(CCSc1ncco1)C(=O)OCC. The third-order valence-corrected chi connectivity index (χ3v) is 3.59. The number of nitrogens with one attached hydrogen (secondary N) is 1. The molecule has 1 rings (SSSR count). The van der Waals surface area contributed by atoms with Gasteiger partial charge in [0.25, 0.3) is 5.22 Å². The summed E-state index contributed by atoms with van der Waals surface area (Å²) in [4.78, 5) is 16.1. The van der Waals surface area contributed by atoms with Crippen LogP contribution in [0, 0.1) is 0 Å². The van der Waals surface area contributed by atoms with E-state index in [9.17, 15) is 4.79 Å². The molecule has 1 N–H and O–H groups in total. The Labute approximate surface area is 118 Å². The number of ether oxygens (including phenoxy) is 1. The lowest BCUT2D eigenvalue weighted by atomic mass is 9.99. The van der Waals surface area contributed by atoms with Crippen molar-refractivity contribution in [1.82, 2.24) is 10.3 Å². The maximum atomic E-state index is 12.0. The molecule has 1 unspecified atom stereocenters. The maximum absolute atomic E-state index is 12.0. The number of hydrogen-bond acceptors (Lipinski definition) is 6. The van der Waals surface area contributed by atoms with Crippen molar-refractivity contribution < 1.29 is 13.9 Å². The van der Waals surface area contributed by atoms with Crippen LogP contribution in [0.15, 0.2) is 22.1 Å². The van der Waals surface area contributed by atoms with Crippen LogP contribution >= 0.6 is 11.8 Å². The summed E-state index contributed by atoms with van der Waals surface area (Å²) in [6.45, 7) is 6.96. The van der Waals surface area contributed by atoms with Crippen LogP contribution in [0.1, 0.15) is 33.6 Å². The molecule has 0 saturated carbocycles. The minimum absolute atomic E-state index is 0.198. The molecule has 1 aromatic heterocycles. The Balaban J connectivity index is 2.50. The quantitative estimate of drug-likeness (QED) is 0.556. The molecular weight excluding hydrogens is 264 g/mol. The Morgan fingerprint density at radius 1 is 1.58 bits per heavy atom. The van der Waals surface area contributed by atoms with Crippen LogP contribution in [0.2, 0.25) is 0 Å². The number of carbonyl (C=O) groups excluding carboxylic acids is 1. The molecule has 1 atom stereocenters. The topological polar surface area (TPSA) is 64.4 Å². The predicted octanol–water partition coefficient (Wildman–Crippen LogP) is 2.48. The minimum Gasteiger partial charge on any atom is -0.465 e. The van der Waals surface area contributed by atoms with Crippen LogP contribution in [-0.2, 0) is 9.53 Å². The van der Waals surface area contributed by atoms with Crippen molar-refractivity contribution >= 4 is 17.7 Å². The third kappa shape index (κ3) is 5.24. The van der Waals surface area contributed by atoms with Crippen molar-refractivity contribution in [2.75, 3.05) is 18.9 Å². The highest BCUT2D eigenvalue weighted by Crippen LogP contribution is 2.21. The second kappa shape index (κ2) is 8.22. The number of esters is 1. The van der Waals surface area contributed by atoms with Crippen molar-refractivity contribution in [2.45, 2.75) is 44.4 Å². The summed E-state index contributed by atoms with van der Waals surface area (Å²) >= 11 is 1.50. The number of hydrogen-bond donors (Lipinski definition) is 1. The summed E-state index contributed by atoms with van der Waals surface area (Å²) in [5.74, 6) is 0.545. The van der Waals surface area contributed by atoms with Crippen molar-refractivity contribution in [3.8, 4) is 0 Å². The summed E-state index contributed by atoms with van der Waals surface area (Å²) in [6, 6.07) is 0. The van der Waals surface area contributed by atoms with Crippen LogP contribution in [-0.4, -0.2) is 35.4 Å². The van der Waals surface area contributed by atoms with E-state index in [2.05, 4.69) is 17.2 Å². The predicted molar refractivity (Wildman–Crippen MR) is 75.2 cm³/mol. The van der Waals surface area contributed by atoms with Crippen LogP contribution in [0.4, 0.5) is 0 Å². The monoisotopic (exact) mass is 286 g/mol. The first-order valence-corrected chi connectivity index (χ1v) is 7.55. The van der Waals surface area contributed by atoms with E-state index in [0.717, 1.165) is 18.7 Å². The van der Waals surface area contributed by atoms with Crippen molar-refractivity contribution in [2.24, 2.45) is 0 Å². The first kappa shape index (κ1) is 16.0. The number of thioether (sulfide) groups is 1. The molecule has 0 radical (unpaired) electrons. The van der Waals surface area contributed by atoms with Crippen LogP contribution in [0.3, 0.4) is 0 Å². The largest absolute Gasteiger partial charge is 0.465 e. The number of carbonyl (C=O) groups is 1. The highest BCUT2D eigenvalue weighted by Gasteiger charge is 2.33. The van der Waals surface area contributed by atoms with Gasteiger partial charge in [-0.15, -0.1) is 0 Å². The van der Waals surface area contributed by atoms with Gasteiger partial charge < -0.3 is 14.5 Å². The average molecular weight is 286 g/mol. The van der Waals surface area contributed by atoms with Gasteiger partial charge >= 0.3 is 5.97 Å². The fourth-order valence-corrected chi connectivity index (χ4v) is 2.52. The lowest BCUT2D eigenvalue weighted by molar-refractivity contribution is -0.150. The van der Waals surface area contributed by atoms with Crippen LogP contribution in [0.5, 0.6) is 0 Å². The number of aromatic nitrogens is 1. The van der Waals surface area contributed by atoms with Gasteiger partial charge in [-0.3, -0.25) is 4.79 Å². The molecule has 0 saturated heterocycles. The highest BCUT2D eigenvalue weighted by atomic mass is 32.2. The summed E-state index contributed by atoms with van der Waals surface area (Å²) in [6.07, 6.45) is 4.80. The van der Waals surface area contributed by atoms with E-state index in [1.807, 2.05) is 13.8 Å². The van der Waals surface area contributed by atoms with E-state index in [4.69, 9.17) is 9.15 Å². The first-order chi connectivity index (χ1) is 9.12. The highest BCUT2D eigenvalue weighted by molar-refractivity contribution is 7.99. The Morgan fingerprint density at radius 2 is 2.37 bits per heavy atom. The zero-order valence-corrected chi connectivity index (χ0v) is 12.6. The summed E-state index contributed by atoms with van der Waals surface area (Å²) < 4.78 is 10.3. The molecule has 0 fully saturated rings. The Kier molecular flexibility index (Phi) is 6.94. The molecule has 0 aliphatic rings. The Morgan fingerprint density at radius 3 is 2.95 bits per heavy atom. The fraction of sp³-hybridized carbons (Fsp3) is 0.692. The molecule has 0 aromatic carbocycles. The van der Waals surface area contributed by atoms with Crippen LogP contribution in [0.25, 0.3) is 0 Å². The van der Waals surface area contributed by atoms with Gasteiger partial charge in [0, 0.05) is 5.75 Å². The Hall–Kier alpha value is -1.01. The first-order valence-electron chi connectivity index (χ1n) is 6.57. The molecule has 1 heterocycles. The van der Waals surface area contributed by atoms with E-state index in [1.54, 1.807) is 12.5 Å². The number of nitrogens with zero attached hydrogens (tertiary/aromatic N) is 1. The van der Waals surface area contributed by atoms with E-state index in [0.29, 0.717) is 18.3 Å². The van der Waals surface area contributed by atoms with Crippen molar-refractivity contribution in [1.29, 1.82) is 0 Å². The normalized spacial score (nSPS) is 14.1. The standard InChI is InChI=1S/C13H22N2O3S/c1-4-7-15-13(3,11(16)17-5-2)6-10-19-12-14-8-9-18-12/h8-9,15H,4-7,10H2,1-3H3. The second-order valence-electron chi connectivity index (χ2n) is 4.38. The average Bonchev–Trinajstić information content (AvgIpc) is 2.90. The maximum Gasteiger partial charge on any atom is 0.326 e. The van der Waals surface area contributed by atoms with Gasteiger partial charge in [-0.2, -0.15) is 0 Å². The lowest BCUT2D eigenvalue weighted by Crippen LogP contribution is -2.51. The van der Waals surface area contributed by atoms with Gasteiger partial charge in [-0.25, -0.2) is 4.98 Å². The van der Waals surface area contributed by atoms with Gasteiger partial charge in [0.2, 0.25) is 0 Å². The zero-order valence-electron chi connectivity index (χ0n) is 11.8. The zero-order chi connectivity index (χ0) is 14.1. The fourth-order valence-electron chi connectivity index (χ4n) is 1.58. The van der Waals surface area contributed by atoms with Crippen molar-refractivity contribution in [3.63, 3.8) is 0 Å². The van der Waals surface area contributed by atoms with Gasteiger partial charge in [0.15, 0.2) is 0 Å². The Bertz CT molecular complexity index is 370. The molecule has 6 heteroatoms. The number of oxazole rings is 1. The molecule has 0 aliphatic heterocycles. The number of rotatable bonds is 9. The molecule has 0 amide bonds. The van der Waals surface area contributed by atoms with Gasteiger partial charge in [0.05, 0.1) is 12.8 Å². The molecule has 108 valence electrons. The van der Waals surface area contributed by atoms with Gasteiger partial charge in [0.1, 0.15) is 11.8 Å². The lowest BCUT2D eigenvalue weighted by Gasteiger charge is -2.28. The van der Waals surface area contributed by atoms with Gasteiger partial charge in [-0.05, 0) is 33.2 Å². The summed E-state index contributed by atoms with van der Waals surface area (Å²) in [7, 11) is 0. The third-order valence-electron chi connectivity index (χ3n) is 2.73. The minimum atomic E-state index is -0.647. The van der Waals surface area contributed by atoms with Crippen LogP contribution < -0.4 is 5.32 Å². The van der Waals surface area contributed by atoms with E-state index < -0.39 is 5.54 Å².